The Morgan fingerprint density at radius 1 is 1.23 bits per heavy atom. The fraction of sp³-hybridized carbons (Fsp3) is 0.333. The highest BCUT2D eigenvalue weighted by atomic mass is 19.1. The molecule has 6 heteroatoms. The highest BCUT2D eigenvalue weighted by Gasteiger charge is 2.32. The number of fused-ring (bicyclic) bond motifs is 3. The molecule has 3 aromatic rings. The van der Waals surface area contributed by atoms with Crippen LogP contribution in [0, 0.1) is 5.82 Å². The molecular formula is C24H25FN2O3. The van der Waals surface area contributed by atoms with Crippen LogP contribution in [0.15, 0.2) is 48.7 Å². The number of carboxylic acid groups (broad SMARTS) is 1. The van der Waals surface area contributed by atoms with Crippen molar-refractivity contribution >= 4 is 17.4 Å². The summed E-state index contributed by atoms with van der Waals surface area (Å²) >= 11 is 0. The largest absolute Gasteiger partial charge is 0.481 e. The monoisotopic (exact) mass is 408 g/mol. The number of likely N-dealkylation sites (N-methyl/N-ethyl adjacent to an activating group) is 1. The number of amides is 1. The maximum Gasteiger partial charge on any atom is 0.307 e. The van der Waals surface area contributed by atoms with Gasteiger partial charge in [-0.1, -0.05) is 18.2 Å². The van der Waals surface area contributed by atoms with Gasteiger partial charge >= 0.3 is 5.97 Å². The number of carbonyl (C=O) groups excluding carboxylic acids is 1. The minimum atomic E-state index is -0.836. The van der Waals surface area contributed by atoms with Crippen molar-refractivity contribution in [1.82, 2.24) is 9.30 Å². The molecule has 0 bridgehead atoms. The summed E-state index contributed by atoms with van der Waals surface area (Å²) in [5.74, 6) is -1.51. The molecule has 0 spiro atoms. The second-order valence-electron chi connectivity index (χ2n) is 8.05. The van der Waals surface area contributed by atoms with Gasteiger partial charge in [-0.25, -0.2) is 4.39 Å². The number of pyridine rings is 1. The first-order valence-electron chi connectivity index (χ1n) is 10.2. The molecule has 0 aliphatic heterocycles. The second kappa shape index (κ2) is 7.94. The van der Waals surface area contributed by atoms with E-state index in [9.17, 15) is 19.1 Å². The van der Waals surface area contributed by atoms with Gasteiger partial charge in [0.1, 0.15) is 5.82 Å². The third kappa shape index (κ3) is 3.58. The van der Waals surface area contributed by atoms with Crippen molar-refractivity contribution in [2.24, 2.45) is 0 Å². The van der Waals surface area contributed by atoms with Crippen LogP contribution in [-0.4, -0.2) is 39.4 Å². The van der Waals surface area contributed by atoms with Gasteiger partial charge in [-0.15, -0.1) is 0 Å². The predicted octanol–water partition coefficient (Wildman–Crippen LogP) is 3.82. The van der Waals surface area contributed by atoms with Crippen molar-refractivity contribution in [3.63, 3.8) is 0 Å². The van der Waals surface area contributed by atoms with Gasteiger partial charge in [0.25, 0.3) is 0 Å². The molecular weight excluding hydrogens is 383 g/mol. The third-order valence-corrected chi connectivity index (χ3v) is 6.29. The van der Waals surface area contributed by atoms with E-state index < -0.39 is 5.97 Å². The first-order chi connectivity index (χ1) is 14.4. The quantitative estimate of drug-likeness (QED) is 0.698. The van der Waals surface area contributed by atoms with Gasteiger partial charge in [0.15, 0.2) is 0 Å². The van der Waals surface area contributed by atoms with E-state index in [0.29, 0.717) is 6.42 Å². The van der Waals surface area contributed by atoms with Gasteiger partial charge in [0, 0.05) is 36.9 Å². The Bertz CT molecular complexity index is 1100. The lowest BCUT2D eigenvalue weighted by molar-refractivity contribution is -0.136. The van der Waals surface area contributed by atoms with Crippen molar-refractivity contribution < 1.29 is 19.1 Å². The van der Waals surface area contributed by atoms with Crippen molar-refractivity contribution in [2.45, 2.75) is 44.6 Å². The highest BCUT2D eigenvalue weighted by molar-refractivity contribution is 5.83. The molecule has 1 aliphatic carbocycles. The zero-order valence-electron chi connectivity index (χ0n) is 17.1. The molecule has 0 fully saturated rings. The fourth-order valence-corrected chi connectivity index (χ4v) is 4.61. The molecule has 5 nitrogen and oxygen atoms in total. The normalized spacial score (nSPS) is 16.8. The number of hydrogen-bond acceptors (Lipinski definition) is 2. The maximum atomic E-state index is 13.2. The third-order valence-electron chi connectivity index (χ3n) is 6.29. The van der Waals surface area contributed by atoms with Crippen LogP contribution in [0.25, 0.3) is 5.52 Å². The molecule has 1 N–H and O–H groups in total. The predicted molar refractivity (Wildman–Crippen MR) is 112 cm³/mol. The Morgan fingerprint density at radius 2 is 1.97 bits per heavy atom. The SMILES string of the molecule is CC(C(=O)N(C)[C@@H]1CCc2c(CC(=O)O)c3ccccn3c2C1)c1ccc(F)cc1. The topological polar surface area (TPSA) is 62.0 Å². The number of halogens is 1. The molecule has 1 unspecified atom stereocenters. The van der Waals surface area contributed by atoms with Crippen LogP contribution in [0.2, 0.25) is 0 Å². The van der Waals surface area contributed by atoms with Crippen LogP contribution in [0.5, 0.6) is 0 Å². The fourth-order valence-electron chi connectivity index (χ4n) is 4.61. The standard InChI is InChI=1S/C24H25FN2O3/c1-15(16-6-8-17(25)9-7-16)24(30)26(2)18-10-11-19-20(14-23(28)29)21-5-3-4-12-27(21)22(19)13-18/h3-9,12,15,18H,10-11,13-14H2,1-2H3,(H,28,29)/t15?,18-/m1/s1. The number of rotatable bonds is 5. The van der Waals surface area contributed by atoms with Crippen LogP contribution in [0.4, 0.5) is 4.39 Å². The van der Waals surface area contributed by atoms with E-state index in [-0.39, 0.29) is 30.1 Å². The smallest absolute Gasteiger partial charge is 0.307 e. The molecule has 1 amide bonds. The van der Waals surface area contributed by atoms with Crippen LogP contribution >= 0.6 is 0 Å². The number of carbonyl (C=O) groups is 2. The van der Waals surface area contributed by atoms with Crippen molar-refractivity contribution in [2.75, 3.05) is 7.05 Å². The van der Waals surface area contributed by atoms with Gasteiger partial charge in [-0.05, 0) is 60.7 Å². The van der Waals surface area contributed by atoms with E-state index in [1.54, 1.807) is 17.0 Å². The Kier molecular flexibility index (Phi) is 5.33. The minimum Gasteiger partial charge on any atom is -0.481 e. The van der Waals surface area contributed by atoms with Gasteiger partial charge in [-0.2, -0.15) is 0 Å². The van der Waals surface area contributed by atoms with Gasteiger partial charge in [0.2, 0.25) is 5.91 Å². The first kappa shape index (κ1) is 20.1. The summed E-state index contributed by atoms with van der Waals surface area (Å²) in [4.78, 5) is 26.3. The number of hydrogen-bond donors (Lipinski definition) is 1. The highest BCUT2D eigenvalue weighted by Crippen LogP contribution is 2.33. The Hall–Kier alpha value is -3.15. The number of nitrogens with zero attached hydrogens (tertiary/aromatic N) is 2. The Labute approximate surface area is 174 Å². The molecule has 2 aromatic heterocycles. The number of benzene rings is 1. The Morgan fingerprint density at radius 3 is 2.67 bits per heavy atom. The van der Waals surface area contributed by atoms with Gasteiger partial charge in [-0.3, -0.25) is 9.59 Å². The molecule has 156 valence electrons. The molecule has 1 aliphatic rings. The second-order valence-corrected chi connectivity index (χ2v) is 8.05. The molecule has 0 saturated heterocycles. The molecule has 30 heavy (non-hydrogen) atoms. The summed E-state index contributed by atoms with van der Waals surface area (Å²) in [6.07, 6.45) is 4.18. The van der Waals surface area contributed by atoms with E-state index in [2.05, 4.69) is 4.40 Å². The average molecular weight is 408 g/mol. The zero-order chi connectivity index (χ0) is 21.4. The Balaban J connectivity index is 1.60. The van der Waals surface area contributed by atoms with E-state index in [1.165, 1.54) is 12.1 Å². The minimum absolute atomic E-state index is 0.00155. The summed E-state index contributed by atoms with van der Waals surface area (Å²) in [7, 11) is 1.83. The van der Waals surface area contributed by atoms with Crippen molar-refractivity contribution in [3.8, 4) is 0 Å². The molecule has 0 saturated carbocycles. The number of aromatic nitrogens is 1. The first-order valence-corrected chi connectivity index (χ1v) is 10.2. The van der Waals surface area contributed by atoms with Crippen LogP contribution in [0.3, 0.4) is 0 Å². The van der Waals surface area contributed by atoms with Crippen LogP contribution in [0.1, 0.15) is 41.6 Å². The number of aliphatic carboxylic acids is 1. The summed E-state index contributed by atoms with van der Waals surface area (Å²) < 4.78 is 15.3. The summed E-state index contributed by atoms with van der Waals surface area (Å²) in [5.41, 5.74) is 4.80. The van der Waals surface area contributed by atoms with E-state index in [0.717, 1.165) is 40.7 Å². The van der Waals surface area contributed by atoms with E-state index in [4.69, 9.17) is 0 Å². The van der Waals surface area contributed by atoms with Crippen molar-refractivity contribution in [3.05, 3.63) is 76.9 Å². The summed E-state index contributed by atoms with van der Waals surface area (Å²) in [5, 5.41) is 9.36. The summed E-state index contributed by atoms with van der Waals surface area (Å²) in [6, 6.07) is 11.9. The lowest BCUT2D eigenvalue weighted by atomic mass is 9.88. The number of carboxylic acids is 1. The molecule has 2 atom stereocenters. The lowest BCUT2D eigenvalue weighted by Gasteiger charge is -2.33. The van der Waals surface area contributed by atoms with Gasteiger partial charge < -0.3 is 14.4 Å². The summed E-state index contributed by atoms with van der Waals surface area (Å²) in [6.45, 7) is 1.85. The average Bonchev–Trinajstić information content (AvgIpc) is 3.05. The zero-order valence-corrected chi connectivity index (χ0v) is 17.1. The van der Waals surface area contributed by atoms with Gasteiger partial charge in [0.05, 0.1) is 12.3 Å². The van der Waals surface area contributed by atoms with E-state index >= 15 is 0 Å². The lowest BCUT2D eigenvalue weighted by Crippen LogP contribution is -2.42. The van der Waals surface area contributed by atoms with Crippen LogP contribution in [-0.2, 0) is 28.9 Å². The maximum absolute atomic E-state index is 13.2. The van der Waals surface area contributed by atoms with Crippen LogP contribution < -0.4 is 0 Å². The molecule has 4 rings (SSSR count). The van der Waals surface area contributed by atoms with E-state index in [1.807, 2.05) is 38.4 Å². The molecule has 1 aromatic carbocycles. The molecule has 0 radical (unpaired) electrons. The molecule has 2 heterocycles. The van der Waals surface area contributed by atoms with Crippen molar-refractivity contribution in [1.29, 1.82) is 0 Å².